The topological polar surface area (TPSA) is 114 Å². The highest BCUT2D eigenvalue weighted by molar-refractivity contribution is 6.08. The molecule has 0 radical (unpaired) electrons. The summed E-state index contributed by atoms with van der Waals surface area (Å²) in [4.78, 5) is 43.1. The van der Waals surface area contributed by atoms with Crippen molar-refractivity contribution in [3.05, 3.63) is 59.4 Å². The third kappa shape index (κ3) is 2.46. The predicted molar refractivity (Wildman–Crippen MR) is 100 cm³/mol. The molecule has 1 aromatic carbocycles. The van der Waals surface area contributed by atoms with Crippen molar-refractivity contribution in [3.63, 3.8) is 0 Å². The molecule has 2 aliphatic rings. The Bertz CT molecular complexity index is 1210. The molecule has 2 N–H and O–H groups in total. The first-order chi connectivity index (χ1) is 14.4. The molecular formula is C20H15FN4O5. The van der Waals surface area contributed by atoms with Crippen molar-refractivity contribution in [1.29, 1.82) is 0 Å². The van der Waals surface area contributed by atoms with Crippen LogP contribution in [0.25, 0.3) is 11.0 Å². The van der Waals surface area contributed by atoms with Crippen molar-refractivity contribution in [3.8, 4) is 5.75 Å². The van der Waals surface area contributed by atoms with Crippen molar-refractivity contribution in [1.82, 2.24) is 20.5 Å². The predicted octanol–water partition coefficient (Wildman–Crippen LogP) is 1.67. The van der Waals surface area contributed by atoms with Gasteiger partial charge >= 0.3 is 6.03 Å². The number of hydrogen-bond acceptors (Lipinski definition) is 6. The molecule has 0 bridgehead atoms. The fraction of sp³-hybridized carbons (Fsp3) is 0.200. The number of furan rings is 1. The summed E-state index contributed by atoms with van der Waals surface area (Å²) in [5.41, 5.74) is -0.830. The minimum absolute atomic E-state index is 0.0460. The lowest BCUT2D eigenvalue weighted by Gasteiger charge is -2.29. The summed E-state index contributed by atoms with van der Waals surface area (Å²) < 4.78 is 25.4. The van der Waals surface area contributed by atoms with E-state index in [2.05, 4.69) is 15.6 Å². The number of carbonyl (C=O) groups is 3. The van der Waals surface area contributed by atoms with Gasteiger partial charge in [-0.3, -0.25) is 19.9 Å². The molecule has 0 aliphatic carbocycles. The van der Waals surface area contributed by atoms with Crippen LogP contribution in [-0.4, -0.2) is 41.4 Å². The Morgan fingerprint density at radius 2 is 2.13 bits per heavy atom. The van der Waals surface area contributed by atoms with Gasteiger partial charge in [-0.2, -0.15) is 0 Å². The van der Waals surface area contributed by atoms with E-state index in [-0.39, 0.29) is 30.2 Å². The van der Waals surface area contributed by atoms with Gasteiger partial charge in [-0.1, -0.05) is 6.07 Å². The molecule has 4 heterocycles. The number of benzene rings is 1. The molecule has 2 aliphatic heterocycles. The second-order valence-corrected chi connectivity index (χ2v) is 7.11. The van der Waals surface area contributed by atoms with Crippen LogP contribution in [0.5, 0.6) is 5.75 Å². The van der Waals surface area contributed by atoms with Gasteiger partial charge in [0.25, 0.3) is 11.8 Å². The Kier molecular flexibility index (Phi) is 3.79. The average molecular weight is 410 g/mol. The van der Waals surface area contributed by atoms with Crippen LogP contribution in [-0.2, 0) is 16.9 Å². The molecule has 9 nitrogen and oxygen atoms in total. The minimum Gasteiger partial charge on any atom is -0.494 e. The van der Waals surface area contributed by atoms with Crippen LogP contribution in [0.3, 0.4) is 0 Å². The van der Waals surface area contributed by atoms with Crippen molar-refractivity contribution in [2.45, 2.75) is 12.1 Å². The maximum absolute atomic E-state index is 14.7. The number of urea groups is 1. The number of carbonyl (C=O) groups excluding carboxylic acids is 3. The Morgan fingerprint density at radius 1 is 1.30 bits per heavy atom. The zero-order chi connectivity index (χ0) is 21.0. The number of amides is 4. The molecule has 152 valence electrons. The van der Waals surface area contributed by atoms with Gasteiger partial charge in [0.2, 0.25) is 0 Å². The Morgan fingerprint density at radius 3 is 2.83 bits per heavy atom. The molecular weight excluding hydrogens is 395 g/mol. The van der Waals surface area contributed by atoms with Crippen molar-refractivity contribution in [2.24, 2.45) is 0 Å². The molecule has 2 aromatic heterocycles. The molecule has 10 heteroatoms. The first-order valence-corrected chi connectivity index (χ1v) is 9.05. The Balaban J connectivity index is 1.56. The lowest BCUT2D eigenvalue weighted by atomic mass is 9.95. The van der Waals surface area contributed by atoms with E-state index >= 15 is 0 Å². The summed E-state index contributed by atoms with van der Waals surface area (Å²) >= 11 is 0. The minimum atomic E-state index is -1.66. The normalized spacial score (nSPS) is 20.5. The molecule has 5 rings (SSSR count). The number of halogens is 1. The summed E-state index contributed by atoms with van der Waals surface area (Å²) in [7, 11) is 1.31. The fourth-order valence-electron chi connectivity index (χ4n) is 3.92. The third-order valence-electron chi connectivity index (χ3n) is 5.38. The summed E-state index contributed by atoms with van der Waals surface area (Å²) in [6.07, 6.45) is 3.09. The van der Waals surface area contributed by atoms with Crippen LogP contribution in [0.4, 0.5) is 9.18 Å². The number of aromatic nitrogens is 1. The standard InChI is InChI=1S/C20H15FN4O5/c1-29-13-3-2-10-8-25(17(26)15(10)16(13)21)9-20(18(27)23-19(28)24-20)14-6-11-7-22-5-4-12(11)30-14/h2-7H,8-9H2,1H3,(H2,23,24,27,28)/t20-/m0/s1. The second kappa shape index (κ2) is 6.28. The lowest BCUT2D eigenvalue weighted by Crippen LogP contribution is -2.52. The van der Waals surface area contributed by atoms with Crippen LogP contribution >= 0.6 is 0 Å². The van der Waals surface area contributed by atoms with Gasteiger partial charge in [0, 0.05) is 24.3 Å². The smallest absolute Gasteiger partial charge is 0.322 e. The van der Waals surface area contributed by atoms with Gasteiger partial charge in [0.05, 0.1) is 19.2 Å². The number of imide groups is 1. The number of hydrogen-bond donors (Lipinski definition) is 2. The van der Waals surface area contributed by atoms with E-state index in [1.807, 2.05) is 0 Å². The molecule has 0 saturated carbocycles. The highest BCUT2D eigenvalue weighted by atomic mass is 19.1. The molecule has 0 spiro atoms. The van der Waals surface area contributed by atoms with E-state index in [4.69, 9.17) is 9.15 Å². The number of rotatable bonds is 4. The quantitative estimate of drug-likeness (QED) is 0.633. The lowest BCUT2D eigenvalue weighted by molar-refractivity contribution is -0.125. The maximum Gasteiger partial charge on any atom is 0.322 e. The monoisotopic (exact) mass is 410 g/mol. The number of nitrogens with one attached hydrogen (secondary N) is 2. The summed E-state index contributed by atoms with van der Waals surface area (Å²) in [6, 6.07) is 5.54. The van der Waals surface area contributed by atoms with Gasteiger partial charge in [0.15, 0.2) is 17.1 Å². The fourth-order valence-corrected chi connectivity index (χ4v) is 3.92. The van der Waals surface area contributed by atoms with Gasteiger partial charge < -0.3 is 19.4 Å². The second-order valence-electron chi connectivity index (χ2n) is 7.11. The molecule has 0 unspecified atom stereocenters. The third-order valence-corrected chi connectivity index (χ3v) is 5.38. The molecule has 1 atom stereocenters. The summed E-state index contributed by atoms with van der Waals surface area (Å²) in [5, 5.41) is 5.41. The highest BCUT2D eigenvalue weighted by Gasteiger charge is 2.53. The van der Waals surface area contributed by atoms with Crippen LogP contribution in [0, 0.1) is 5.82 Å². The van der Waals surface area contributed by atoms with E-state index in [0.717, 1.165) is 0 Å². The molecule has 1 saturated heterocycles. The van der Waals surface area contributed by atoms with Gasteiger partial charge in [-0.05, 0) is 23.8 Å². The number of methoxy groups -OCH3 is 1. The van der Waals surface area contributed by atoms with Gasteiger partial charge in [-0.15, -0.1) is 0 Å². The molecule has 4 amide bonds. The molecule has 30 heavy (non-hydrogen) atoms. The summed E-state index contributed by atoms with van der Waals surface area (Å²) in [6.45, 7) is -0.172. The number of nitrogens with zero attached hydrogens (tertiary/aromatic N) is 2. The first-order valence-electron chi connectivity index (χ1n) is 9.05. The van der Waals surface area contributed by atoms with Crippen LogP contribution in [0.1, 0.15) is 21.7 Å². The van der Waals surface area contributed by atoms with Crippen molar-refractivity contribution >= 4 is 28.8 Å². The van der Waals surface area contributed by atoms with Gasteiger partial charge in [0.1, 0.15) is 11.3 Å². The average Bonchev–Trinajstić information content (AvgIpc) is 3.37. The van der Waals surface area contributed by atoms with Crippen LogP contribution in [0.15, 0.2) is 41.1 Å². The molecule has 1 fully saturated rings. The number of pyridine rings is 1. The number of ether oxygens (including phenoxy) is 1. The Labute approximate surface area is 168 Å². The van der Waals surface area contributed by atoms with E-state index in [0.29, 0.717) is 16.5 Å². The van der Waals surface area contributed by atoms with Gasteiger partial charge in [-0.25, -0.2) is 9.18 Å². The highest BCUT2D eigenvalue weighted by Crippen LogP contribution is 2.36. The van der Waals surface area contributed by atoms with E-state index < -0.39 is 29.2 Å². The zero-order valence-electron chi connectivity index (χ0n) is 15.7. The zero-order valence-corrected chi connectivity index (χ0v) is 15.7. The molecule has 3 aromatic rings. The van der Waals surface area contributed by atoms with E-state index in [1.54, 1.807) is 24.4 Å². The summed E-state index contributed by atoms with van der Waals surface area (Å²) in [5.74, 6) is -1.92. The van der Waals surface area contributed by atoms with Crippen LogP contribution in [0.2, 0.25) is 0 Å². The maximum atomic E-state index is 14.7. The largest absolute Gasteiger partial charge is 0.494 e. The Hall–Kier alpha value is -3.95. The van der Waals surface area contributed by atoms with E-state index in [1.165, 1.54) is 24.3 Å². The van der Waals surface area contributed by atoms with Crippen molar-refractivity contribution in [2.75, 3.05) is 13.7 Å². The SMILES string of the molecule is COc1ccc2c(c1F)C(=O)N(C[C@@]1(c3cc4cnccc4o3)NC(=O)NC1=O)C2. The first kappa shape index (κ1) is 18.1. The van der Waals surface area contributed by atoms with E-state index in [9.17, 15) is 18.8 Å². The van der Waals surface area contributed by atoms with Crippen LogP contribution < -0.4 is 15.4 Å². The number of fused-ring (bicyclic) bond motifs is 2. The van der Waals surface area contributed by atoms with Crippen molar-refractivity contribution < 1.29 is 27.9 Å².